The number of halogens is 1. The van der Waals surface area contributed by atoms with E-state index >= 15 is 0 Å². The van der Waals surface area contributed by atoms with Gasteiger partial charge in [-0.05, 0) is 11.9 Å². The molecule has 1 aliphatic rings. The second-order valence-electron chi connectivity index (χ2n) is 1.36. The van der Waals surface area contributed by atoms with Crippen LogP contribution in [0.25, 0.3) is 0 Å². The van der Waals surface area contributed by atoms with Gasteiger partial charge in [-0.25, -0.2) is 13.6 Å². The first-order valence-corrected chi connectivity index (χ1v) is 4.37. The molecule has 8 heteroatoms. The zero-order valence-corrected chi connectivity index (χ0v) is 7.15. The number of hydrogen-bond donors (Lipinski definition) is 3. The van der Waals surface area contributed by atoms with Gasteiger partial charge in [-0.3, -0.25) is 0 Å². The Bertz CT molecular complexity index is 235. The van der Waals surface area contributed by atoms with Crippen molar-refractivity contribution in [2.45, 2.75) is 0 Å². The summed E-state index contributed by atoms with van der Waals surface area (Å²) in [4.78, 5) is 2.49. The summed E-state index contributed by atoms with van der Waals surface area (Å²) in [7, 11) is -3.50. The number of sulfonamides is 1. The van der Waals surface area contributed by atoms with Gasteiger partial charge in [0, 0.05) is 6.20 Å². The Hall–Kier alpha value is 0.0500. The van der Waals surface area contributed by atoms with E-state index in [1.165, 1.54) is 6.20 Å². The Morgan fingerprint density at radius 1 is 1.60 bits per heavy atom. The average Bonchev–Trinajstić information content (AvgIpc) is 2.08. The zero-order chi connectivity index (χ0) is 6.91. The minimum absolute atomic E-state index is 0. The summed E-state index contributed by atoms with van der Waals surface area (Å²) in [5.41, 5.74) is 2.47. The lowest BCUT2D eigenvalue weighted by molar-refractivity contribution is 0.605. The molecule has 0 saturated carbocycles. The molecule has 1 heterocycles. The molecule has 0 aliphatic carbocycles. The average molecular weight is 204 g/mol. The van der Waals surface area contributed by atoms with Crippen molar-refractivity contribution in [2.75, 3.05) is 0 Å². The Balaban J connectivity index is 0.000000810. The summed E-state index contributed by atoms with van der Waals surface area (Å²) in [6.45, 7) is 0. The van der Waals surface area contributed by atoms with Crippen LogP contribution in [-0.4, -0.2) is 8.42 Å². The first-order valence-electron chi connectivity index (χ1n) is 2.01. The van der Waals surface area contributed by atoms with Crippen LogP contribution in [0.4, 0.5) is 0 Å². The first kappa shape index (κ1) is 10.0. The predicted octanol–water partition coefficient (Wildman–Crippen LogP) is -0.748. The van der Waals surface area contributed by atoms with E-state index in [0.717, 1.165) is 11.9 Å². The fourth-order valence-electron chi connectivity index (χ4n) is 0.338. The fourth-order valence-corrected chi connectivity index (χ4v) is 1.49. The van der Waals surface area contributed by atoms with Crippen LogP contribution in [0.15, 0.2) is 10.4 Å². The van der Waals surface area contributed by atoms with Crippen LogP contribution in [-0.2, 0) is 10.0 Å². The van der Waals surface area contributed by atoms with Crippen LogP contribution < -0.4 is 15.4 Å². The normalized spacial score (nSPS) is 17.1. The van der Waals surface area contributed by atoms with E-state index in [0.29, 0.717) is 0 Å². The zero-order valence-electron chi connectivity index (χ0n) is 4.70. The molecule has 0 atom stereocenters. The summed E-state index contributed by atoms with van der Waals surface area (Å²) >= 11 is 0.936. The van der Waals surface area contributed by atoms with Gasteiger partial charge in [0.2, 0.25) is 10.0 Å². The summed E-state index contributed by atoms with van der Waals surface area (Å²) in [6, 6.07) is 0. The van der Waals surface area contributed by atoms with Gasteiger partial charge in [0.25, 0.3) is 0 Å². The van der Waals surface area contributed by atoms with Gasteiger partial charge < -0.3 is 5.43 Å². The minimum atomic E-state index is -3.50. The maximum atomic E-state index is 10.4. The number of nitrogens with two attached hydrogens (primary N) is 1. The summed E-state index contributed by atoms with van der Waals surface area (Å²) in [6.07, 6.45) is 1.29. The van der Waals surface area contributed by atoms with Crippen LogP contribution in [0, 0.1) is 0 Å². The molecule has 0 unspecified atom stereocenters. The number of hydrogen-bond acceptors (Lipinski definition) is 5. The van der Waals surface area contributed by atoms with Gasteiger partial charge in [0.05, 0.1) is 0 Å². The molecule has 0 radical (unpaired) electrons. The fraction of sp³-hybridized carbons (Fsp3) is 0. The molecule has 0 spiro atoms. The van der Waals surface area contributed by atoms with E-state index in [2.05, 4.69) is 10.3 Å². The predicted molar refractivity (Wildman–Crippen MR) is 42.3 cm³/mol. The van der Waals surface area contributed by atoms with Gasteiger partial charge in [0.1, 0.15) is 4.24 Å². The van der Waals surface area contributed by atoms with Crippen LogP contribution in [0.2, 0.25) is 0 Å². The van der Waals surface area contributed by atoms with E-state index in [-0.39, 0.29) is 16.6 Å². The molecular formula is C2H6ClN3O2S2. The van der Waals surface area contributed by atoms with Gasteiger partial charge >= 0.3 is 0 Å². The van der Waals surface area contributed by atoms with Gasteiger partial charge in [-0.2, -0.15) is 4.83 Å². The van der Waals surface area contributed by atoms with Gasteiger partial charge in [-0.1, -0.05) is 0 Å². The summed E-state index contributed by atoms with van der Waals surface area (Å²) < 4.78 is 21.0. The molecule has 4 N–H and O–H groups in total. The minimum Gasteiger partial charge on any atom is -0.317 e. The third kappa shape index (κ3) is 2.35. The number of hydrazine groups is 1. The maximum absolute atomic E-state index is 10.4. The summed E-state index contributed by atoms with van der Waals surface area (Å²) in [5.74, 6) is 0. The molecule has 0 aromatic carbocycles. The van der Waals surface area contributed by atoms with E-state index in [1.807, 2.05) is 0 Å². The monoisotopic (exact) mass is 203 g/mol. The number of primary sulfonamides is 1. The molecule has 0 amide bonds. The van der Waals surface area contributed by atoms with Crippen LogP contribution in [0.5, 0.6) is 0 Å². The molecule has 0 aromatic rings. The second-order valence-corrected chi connectivity index (χ2v) is 3.99. The van der Waals surface area contributed by atoms with Crippen molar-refractivity contribution < 1.29 is 8.42 Å². The number of nitrogens with one attached hydrogen (secondary N) is 2. The lowest BCUT2D eigenvalue weighted by Crippen LogP contribution is -2.12. The highest BCUT2D eigenvalue weighted by Gasteiger charge is 2.15. The Morgan fingerprint density at radius 2 is 2.20 bits per heavy atom. The molecule has 0 bridgehead atoms. The van der Waals surface area contributed by atoms with Crippen molar-refractivity contribution in [3.63, 3.8) is 0 Å². The lowest BCUT2D eigenvalue weighted by atomic mass is 11.1. The highest BCUT2D eigenvalue weighted by atomic mass is 35.5. The van der Waals surface area contributed by atoms with Crippen molar-refractivity contribution in [3.8, 4) is 0 Å². The van der Waals surface area contributed by atoms with Crippen LogP contribution in [0.1, 0.15) is 0 Å². The highest BCUT2D eigenvalue weighted by Crippen LogP contribution is 2.17. The maximum Gasteiger partial charge on any atom is 0.246 e. The molecule has 60 valence electrons. The first-order chi connectivity index (χ1) is 4.11. The Kier molecular flexibility index (Phi) is 3.46. The van der Waals surface area contributed by atoms with E-state index < -0.39 is 10.0 Å². The largest absolute Gasteiger partial charge is 0.317 e. The quantitative estimate of drug-likeness (QED) is 0.489. The summed E-state index contributed by atoms with van der Waals surface area (Å²) in [5, 5.41) is 4.74. The van der Waals surface area contributed by atoms with Crippen molar-refractivity contribution in [1.29, 1.82) is 0 Å². The highest BCUT2D eigenvalue weighted by molar-refractivity contribution is 8.17. The molecule has 0 fully saturated rings. The molecule has 1 rings (SSSR count). The van der Waals surface area contributed by atoms with Crippen molar-refractivity contribution in [2.24, 2.45) is 5.14 Å². The van der Waals surface area contributed by atoms with Crippen molar-refractivity contribution in [1.82, 2.24) is 10.3 Å². The smallest absolute Gasteiger partial charge is 0.246 e. The SMILES string of the molecule is Cl.NS(=O)(=O)C1=CNNS1. The van der Waals surface area contributed by atoms with Crippen molar-refractivity contribution in [3.05, 3.63) is 10.4 Å². The molecule has 5 nitrogen and oxygen atoms in total. The third-order valence-corrected chi connectivity index (χ3v) is 2.85. The Morgan fingerprint density at radius 3 is 2.40 bits per heavy atom. The van der Waals surface area contributed by atoms with E-state index in [1.54, 1.807) is 0 Å². The molecule has 0 saturated heterocycles. The van der Waals surface area contributed by atoms with Crippen molar-refractivity contribution >= 4 is 34.4 Å². The number of rotatable bonds is 1. The van der Waals surface area contributed by atoms with Crippen LogP contribution in [0.3, 0.4) is 0 Å². The second kappa shape index (κ2) is 3.44. The lowest BCUT2D eigenvalue weighted by Gasteiger charge is -1.91. The van der Waals surface area contributed by atoms with E-state index in [4.69, 9.17) is 5.14 Å². The molecule has 0 aromatic heterocycles. The van der Waals surface area contributed by atoms with Crippen LogP contribution >= 0.6 is 24.4 Å². The van der Waals surface area contributed by atoms with Gasteiger partial charge in [0.15, 0.2) is 0 Å². The Labute approximate surface area is 69.0 Å². The molecular weight excluding hydrogens is 198 g/mol. The molecule has 10 heavy (non-hydrogen) atoms. The standard InChI is InChI=1S/C2H5N3O2S2.ClH/c3-9(6,7)2-1-4-5-8-2;/h1,4-5H,(H2,3,6,7);1H. The van der Waals surface area contributed by atoms with E-state index in [9.17, 15) is 8.42 Å². The van der Waals surface area contributed by atoms with Gasteiger partial charge in [-0.15, -0.1) is 12.4 Å². The molecule has 1 aliphatic heterocycles. The third-order valence-electron chi connectivity index (χ3n) is 0.681. The topological polar surface area (TPSA) is 84.2 Å².